The van der Waals surface area contributed by atoms with E-state index in [1.54, 1.807) is 25.1 Å². The summed E-state index contributed by atoms with van der Waals surface area (Å²) in [5.74, 6) is -1.04. The number of pyridine rings is 1. The number of carbonyl (C=O) groups is 1. The molecule has 0 spiro atoms. The molecular formula is C22H20F2N2O2. The lowest BCUT2D eigenvalue weighted by Gasteiger charge is -2.17. The van der Waals surface area contributed by atoms with E-state index >= 15 is 0 Å². The van der Waals surface area contributed by atoms with Crippen molar-refractivity contribution in [2.75, 3.05) is 0 Å². The van der Waals surface area contributed by atoms with Crippen LogP contribution in [0.5, 0.6) is 0 Å². The minimum absolute atomic E-state index is 0.0651. The molecule has 0 bridgehead atoms. The number of nitrogens with one attached hydrogen (secondary N) is 1. The van der Waals surface area contributed by atoms with E-state index in [1.807, 2.05) is 0 Å². The summed E-state index contributed by atoms with van der Waals surface area (Å²) >= 11 is 0. The first-order valence-electron chi connectivity index (χ1n) is 9.30. The van der Waals surface area contributed by atoms with E-state index in [4.69, 9.17) is 0 Å². The SMILES string of the molecule is Cc1c(C(=O)NCc2cccc(F)c2)c2cccc(F)c2c(=O)n1CC1CC1. The van der Waals surface area contributed by atoms with E-state index < -0.39 is 17.3 Å². The van der Waals surface area contributed by atoms with Crippen molar-refractivity contribution in [1.82, 2.24) is 9.88 Å². The maximum Gasteiger partial charge on any atom is 0.261 e. The van der Waals surface area contributed by atoms with Gasteiger partial charge >= 0.3 is 0 Å². The summed E-state index contributed by atoms with van der Waals surface area (Å²) < 4.78 is 29.3. The Hall–Kier alpha value is -3.02. The van der Waals surface area contributed by atoms with Gasteiger partial charge in [-0.25, -0.2) is 8.78 Å². The molecule has 6 heteroatoms. The van der Waals surface area contributed by atoms with Gasteiger partial charge in [-0.05, 0) is 49.4 Å². The summed E-state index contributed by atoms with van der Waals surface area (Å²) in [4.78, 5) is 25.8. The average Bonchev–Trinajstić information content (AvgIpc) is 3.48. The van der Waals surface area contributed by atoms with Crippen LogP contribution in [-0.2, 0) is 13.1 Å². The van der Waals surface area contributed by atoms with Gasteiger partial charge in [0.25, 0.3) is 11.5 Å². The Morgan fingerprint density at radius 1 is 1.18 bits per heavy atom. The van der Waals surface area contributed by atoms with Gasteiger partial charge in [0.1, 0.15) is 11.6 Å². The largest absolute Gasteiger partial charge is 0.348 e. The predicted molar refractivity (Wildman–Crippen MR) is 103 cm³/mol. The molecule has 1 heterocycles. The average molecular weight is 382 g/mol. The first-order chi connectivity index (χ1) is 13.5. The van der Waals surface area contributed by atoms with Crippen LogP contribution >= 0.6 is 0 Å². The van der Waals surface area contributed by atoms with Crippen LogP contribution in [0.2, 0.25) is 0 Å². The van der Waals surface area contributed by atoms with Crippen LogP contribution < -0.4 is 10.9 Å². The number of hydrogen-bond donors (Lipinski definition) is 1. The van der Waals surface area contributed by atoms with Crippen LogP contribution in [0.15, 0.2) is 47.3 Å². The lowest BCUT2D eigenvalue weighted by molar-refractivity contribution is 0.0951. The molecule has 1 saturated carbocycles. The van der Waals surface area contributed by atoms with Crippen molar-refractivity contribution in [3.8, 4) is 0 Å². The lowest BCUT2D eigenvalue weighted by Crippen LogP contribution is -2.31. The molecule has 1 fully saturated rings. The molecule has 1 amide bonds. The minimum atomic E-state index is -0.633. The summed E-state index contributed by atoms with van der Waals surface area (Å²) in [5, 5.41) is 3.00. The number of aromatic nitrogens is 1. The molecule has 28 heavy (non-hydrogen) atoms. The monoisotopic (exact) mass is 382 g/mol. The molecule has 2 aromatic carbocycles. The Morgan fingerprint density at radius 2 is 1.93 bits per heavy atom. The Bertz CT molecular complexity index is 1130. The van der Waals surface area contributed by atoms with Gasteiger partial charge in [0.2, 0.25) is 0 Å². The highest BCUT2D eigenvalue weighted by Crippen LogP contribution is 2.31. The van der Waals surface area contributed by atoms with Crippen molar-refractivity contribution in [2.24, 2.45) is 5.92 Å². The van der Waals surface area contributed by atoms with Crippen molar-refractivity contribution in [2.45, 2.75) is 32.9 Å². The molecule has 0 aliphatic heterocycles. The zero-order valence-corrected chi connectivity index (χ0v) is 15.5. The molecule has 1 aromatic heterocycles. The minimum Gasteiger partial charge on any atom is -0.348 e. The highest BCUT2D eigenvalue weighted by molar-refractivity contribution is 6.07. The second-order valence-electron chi connectivity index (χ2n) is 7.29. The van der Waals surface area contributed by atoms with Crippen molar-refractivity contribution in [1.29, 1.82) is 0 Å². The number of carbonyl (C=O) groups excluding carboxylic acids is 1. The number of nitrogens with zero attached hydrogens (tertiary/aromatic N) is 1. The van der Waals surface area contributed by atoms with Crippen LogP contribution in [0, 0.1) is 24.5 Å². The van der Waals surface area contributed by atoms with Crippen LogP contribution in [0.1, 0.15) is 34.5 Å². The van der Waals surface area contributed by atoms with E-state index in [0.717, 1.165) is 12.8 Å². The Kier molecular flexibility index (Phi) is 4.71. The smallest absolute Gasteiger partial charge is 0.261 e. The third-order valence-electron chi connectivity index (χ3n) is 5.22. The number of amides is 1. The third kappa shape index (κ3) is 3.42. The van der Waals surface area contributed by atoms with Gasteiger partial charge in [-0.3, -0.25) is 9.59 Å². The standard InChI is InChI=1S/C22H20F2N2O2/c1-13-19(21(27)25-11-15-4-2-5-16(23)10-15)17-6-3-7-18(24)20(17)22(28)26(13)12-14-8-9-14/h2-7,10,14H,8-9,11-12H2,1H3,(H,25,27). The molecule has 0 atom stereocenters. The summed E-state index contributed by atoms with van der Waals surface area (Å²) in [7, 11) is 0. The molecule has 4 nitrogen and oxygen atoms in total. The zero-order valence-electron chi connectivity index (χ0n) is 15.5. The Balaban J connectivity index is 1.77. The molecule has 0 saturated heterocycles. The molecule has 144 valence electrons. The second-order valence-corrected chi connectivity index (χ2v) is 7.29. The van der Waals surface area contributed by atoms with Gasteiger partial charge in [-0.2, -0.15) is 0 Å². The first-order valence-corrected chi connectivity index (χ1v) is 9.30. The van der Waals surface area contributed by atoms with Crippen molar-refractivity contribution in [3.63, 3.8) is 0 Å². The van der Waals surface area contributed by atoms with Gasteiger partial charge in [0, 0.05) is 24.2 Å². The highest BCUT2D eigenvalue weighted by Gasteiger charge is 2.26. The number of fused-ring (bicyclic) bond motifs is 1. The van der Waals surface area contributed by atoms with Gasteiger partial charge in [0.05, 0.1) is 10.9 Å². The quantitative estimate of drug-likeness (QED) is 0.727. The predicted octanol–water partition coefficient (Wildman–Crippen LogP) is 3.93. The normalized spacial score (nSPS) is 13.7. The second kappa shape index (κ2) is 7.19. The zero-order chi connectivity index (χ0) is 19.8. The Morgan fingerprint density at radius 3 is 2.64 bits per heavy atom. The van der Waals surface area contributed by atoms with Gasteiger partial charge in [0.15, 0.2) is 0 Å². The number of benzene rings is 2. The fraction of sp³-hybridized carbons (Fsp3) is 0.273. The summed E-state index contributed by atoms with van der Waals surface area (Å²) in [6.07, 6.45) is 2.06. The Labute approximate surface area is 160 Å². The fourth-order valence-electron chi connectivity index (χ4n) is 3.55. The molecular weight excluding hydrogens is 362 g/mol. The molecule has 0 unspecified atom stereocenters. The molecule has 1 aliphatic rings. The summed E-state index contributed by atoms with van der Waals surface area (Å²) in [6, 6.07) is 10.3. The van der Waals surface area contributed by atoms with Crippen LogP contribution in [0.3, 0.4) is 0 Å². The van der Waals surface area contributed by atoms with Gasteiger partial charge in [-0.1, -0.05) is 24.3 Å². The summed E-state index contributed by atoms with van der Waals surface area (Å²) in [5.41, 5.74) is 1.02. The van der Waals surface area contributed by atoms with Gasteiger partial charge in [-0.15, -0.1) is 0 Å². The molecule has 4 rings (SSSR count). The first kappa shape index (κ1) is 18.3. The van der Waals surface area contributed by atoms with Crippen LogP contribution in [-0.4, -0.2) is 10.5 Å². The maximum atomic E-state index is 14.5. The van der Waals surface area contributed by atoms with E-state index in [9.17, 15) is 18.4 Å². The van der Waals surface area contributed by atoms with Crippen LogP contribution in [0.25, 0.3) is 10.8 Å². The van der Waals surface area contributed by atoms with Gasteiger partial charge < -0.3 is 9.88 Å². The fourth-order valence-corrected chi connectivity index (χ4v) is 3.55. The third-order valence-corrected chi connectivity index (χ3v) is 5.22. The maximum absolute atomic E-state index is 14.5. The number of hydrogen-bond acceptors (Lipinski definition) is 2. The van der Waals surface area contributed by atoms with Crippen LogP contribution in [0.4, 0.5) is 8.78 Å². The molecule has 1 N–H and O–H groups in total. The number of rotatable bonds is 5. The van der Waals surface area contributed by atoms with Crippen molar-refractivity contribution in [3.05, 3.63) is 81.3 Å². The van der Waals surface area contributed by atoms with E-state index in [1.165, 1.54) is 28.8 Å². The summed E-state index contributed by atoms with van der Waals surface area (Å²) in [6.45, 7) is 2.33. The van der Waals surface area contributed by atoms with E-state index in [0.29, 0.717) is 29.1 Å². The molecule has 0 radical (unpaired) electrons. The van der Waals surface area contributed by atoms with Crippen molar-refractivity contribution < 1.29 is 13.6 Å². The lowest BCUT2D eigenvalue weighted by atomic mass is 10.0. The van der Waals surface area contributed by atoms with Crippen molar-refractivity contribution >= 4 is 16.7 Å². The topological polar surface area (TPSA) is 51.1 Å². The molecule has 1 aliphatic carbocycles. The van der Waals surface area contributed by atoms with E-state index in [2.05, 4.69) is 5.32 Å². The highest BCUT2D eigenvalue weighted by atomic mass is 19.1. The molecule has 3 aromatic rings. The van der Waals surface area contributed by atoms with E-state index in [-0.39, 0.29) is 23.3 Å². The number of halogens is 2.